The molecule has 1 aromatic rings. The quantitative estimate of drug-likeness (QED) is 0.677. The molecule has 0 saturated heterocycles. The van der Waals surface area contributed by atoms with Gasteiger partial charge >= 0.3 is 5.82 Å². The van der Waals surface area contributed by atoms with E-state index < -0.39 is 5.82 Å². The molecule has 0 bridgehead atoms. The van der Waals surface area contributed by atoms with Crippen molar-refractivity contribution < 1.29 is 8.83 Å². The Kier molecular flexibility index (Phi) is 3.52. The van der Waals surface area contributed by atoms with Crippen molar-refractivity contribution in [2.45, 2.75) is 41.5 Å². The van der Waals surface area contributed by atoms with Crippen LogP contribution >= 0.6 is 0 Å². The van der Waals surface area contributed by atoms with Crippen LogP contribution in [-0.4, -0.2) is 0 Å². The molecule has 3 nitrogen and oxygen atoms in total. The molecule has 0 aliphatic carbocycles. The summed E-state index contributed by atoms with van der Waals surface area (Å²) in [5.74, 6) is 0.647. The van der Waals surface area contributed by atoms with Crippen molar-refractivity contribution in [1.29, 1.82) is 0 Å². The molecule has 1 aromatic heterocycles. The van der Waals surface area contributed by atoms with Crippen molar-refractivity contribution in [1.82, 2.24) is 0 Å². The Hall–Kier alpha value is -0.990. The van der Waals surface area contributed by atoms with Crippen LogP contribution in [0.5, 0.6) is 0 Å². The van der Waals surface area contributed by atoms with E-state index in [1.165, 1.54) is 0 Å². The lowest BCUT2D eigenvalue weighted by Gasteiger charge is -2.15. The van der Waals surface area contributed by atoms with Gasteiger partial charge in [-0.15, -0.1) is 0 Å². The predicted molar refractivity (Wildman–Crippen MR) is 51.9 cm³/mol. The van der Waals surface area contributed by atoms with E-state index in [-0.39, 0.29) is 12.8 Å². The Balaban J connectivity index is 0.00000144. The topological polar surface area (TPSA) is 43.4 Å². The third-order valence-corrected chi connectivity index (χ3v) is 1.53. The molecular weight excluding hydrogens is 168 g/mol. The summed E-state index contributed by atoms with van der Waals surface area (Å²) in [4.78, 5) is 10.7. The van der Waals surface area contributed by atoms with Crippen LogP contribution in [0.4, 0.5) is 0 Å². The number of hydrogen-bond donors (Lipinski definition) is 0. The fourth-order valence-electron chi connectivity index (χ4n) is 1.02. The highest BCUT2D eigenvalue weighted by atomic mass is 16.6. The van der Waals surface area contributed by atoms with E-state index in [1.54, 1.807) is 6.92 Å². The van der Waals surface area contributed by atoms with E-state index in [4.69, 9.17) is 8.83 Å². The maximum atomic E-state index is 10.7. The van der Waals surface area contributed by atoms with Crippen molar-refractivity contribution in [3.8, 4) is 0 Å². The van der Waals surface area contributed by atoms with Crippen LogP contribution in [0.25, 0.3) is 0 Å². The van der Waals surface area contributed by atoms with Gasteiger partial charge in [-0.05, 0) is 12.3 Å². The van der Waals surface area contributed by atoms with Gasteiger partial charge in [-0.2, -0.15) is 0 Å². The average molecular weight is 186 g/mol. The Morgan fingerprint density at radius 2 is 1.77 bits per heavy atom. The molecule has 0 aliphatic rings. The Morgan fingerprint density at radius 1 is 1.23 bits per heavy atom. The fourth-order valence-corrected chi connectivity index (χ4v) is 1.02. The Labute approximate surface area is 78.8 Å². The summed E-state index contributed by atoms with van der Waals surface area (Å²) >= 11 is 0. The first-order valence-electron chi connectivity index (χ1n) is 3.98. The molecule has 0 spiro atoms. The molecule has 0 aromatic carbocycles. The van der Waals surface area contributed by atoms with Crippen LogP contribution in [-0.2, 0) is 6.42 Å². The molecular formula is C10H18O3. The molecule has 0 atom stereocenters. The highest BCUT2D eigenvalue weighted by molar-refractivity contribution is 5.02. The SMILES string of the molecule is C.Cc1oc(=O)oc1CC(C)(C)C. The van der Waals surface area contributed by atoms with Gasteiger partial charge in [0.05, 0.1) is 0 Å². The van der Waals surface area contributed by atoms with Crippen LogP contribution in [0.2, 0.25) is 0 Å². The largest absolute Gasteiger partial charge is 0.519 e. The summed E-state index contributed by atoms with van der Waals surface area (Å²) in [5.41, 5.74) is 0.116. The standard InChI is InChI=1S/C9H14O3.CH4/c1-6-7(5-9(2,3)4)12-8(10)11-6;/h5H2,1-4H3;1H4. The van der Waals surface area contributed by atoms with Gasteiger partial charge in [0, 0.05) is 6.42 Å². The van der Waals surface area contributed by atoms with E-state index in [9.17, 15) is 4.79 Å². The van der Waals surface area contributed by atoms with Crippen LogP contribution in [0.3, 0.4) is 0 Å². The maximum absolute atomic E-state index is 10.7. The van der Waals surface area contributed by atoms with Gasteiger partial charge < -0.3 is 8.83 Å². The number of rotatable bonds is 1. The zero-order chi connectivity index (χ0) is 9.35. The van der Waals surface area contributed by atoms with Gasteiger partial charge in [0.2, 0.25) is 0 Å². The van der Waals surface area contributed by atoms with E-state index in [1.807, 2.05) is 0 Å². The van der Waals surface area contributed by atoms with Crippen LogP contribution in [0.1, 0.15) is 39.7 Å². The minimum absolute atomic E-state index is 0. The van der Waals surface area contributed by atoms with Crippen LogP contribution in [0, 0.1) is 12.3 Å². The molecule has 1 rings (SSSR count). The van der Waals surface area contributed by atoms with Crippen molar-refractivity contribution >= 4 is 0 Å². The summed E-state index contributed by atoms with van der Waals surface area (Å²) in [5, 5.41) is 0. The molecule has 0 saturated carbocycles. The predicted octanol–water partition coefficient (Wildman–Crippen LogP) is 2.77. The summed E-state index contributed by atoms with van der Waals surface area (Å²) in [6.07, 6.45) is 0.727. The molecule has 76 valence electrons. The monoisotopic (exact) mass is 186 g/mol. The summed E-state index contributed by atoms with van der Waals surface area (Å²) in [6, 6.07) is 0. The lowest BCUT2D eigenvalue weighted by Crippen LogP contribution is -2.09. The van der Waals surface area contributed by atoms with E-state index in [0.29, 0.717) is 11.5 Å². The van der Waals surface area contributed by atoms with Crippen LogP contribution < -0.4 is 5.82 Å². The van der Waals surface area contributed by atoms with Gasteiger partial charge in [0.15, 0.2) is 0 Å². The molecule has 3 heteroatoms. The third-order valence-electron chi connectivity index (χ3n) is 1.53. The number of aryl methyl sites for hydroxylation is 1. The summed E-state index contributed by atoms with van der Waals surface area (Å²) in [7, 11) is 0. The molecule has 1 heterocycles. The average Bonchev–Trinajstić information content (AvgIpc) is 2.06. The van der Waals surface area contributed by atoms with Gasteiger partial charge in [-0.3, -0.25) is 0 Å². The fraction of sp³-hybridized carbons (Fsp3) is 0.700. The molecule has 0 N–H and O–H groups in total. The normalized spacial score (nSPS) is 11.1. The molecule has 0 aliphatic heterocycles. The molecule has 0 radical (unpaired) electrons. The lowest BCUT2D eigenvalue weighted by atomic mass is 9.91. The van der Waals surface area contributed by atoms with Crippen LogP contribution in [0.15, 0.2) is 13.6 Å². The zero-order valence-electron chi connectivity index (χ0n) is 7.93. The van der Waals surface area contributed by atoms with Gasteiger partial charge in [0.1, 0.15) is 11.5 Å². The van der Waals surface area contributed by atoms with Gasteiger partial charge in [0.25, 0.3) is 0 Å². The molecule has 0 amide bonds. The van der Waals surface area contributed by atoms with E-state index >= 15 is 0 Å². The smallest absolute Gasteiger partial charge is 0.396 e. The minimum Gasteiger partial charge on any atom is -0.396 e. The maximum Gasteiger partial charge on any atom is 0.519 e. The van der Waals surface area contributed by atoms with Crippen molar-refractivity contribution in [2.24, 2.45) is 5.41 Å². The Bertz CT molecular complexity index is 312. The Morgan fingerprint density at radius 3 is 2.08 bits per heavy atom. The first kappa shape index (κ1) is 12.0. The van der Waals surface area contributed by atoms with Crippen molar-refractivity contribution in [3.63, 3.8) is 0 Å². The minimum atomic E-state index is -0.605. The highest BCUT2D eigenvalue weighted by Crippen LogP contribution is 2.21. The van der Waals surface area contributed by atoms with E-state index in [2.05, 4.69) is 20.8 Å². The first-order chi connectivity index (χ1) is 5.38. The van der Waals surface area contributed by atoms with Crippen molar-refractivity contribution in [2.75, 3.05) is 0 Å². The molecule has 0 unspecified atom stereocenters. The lowest BCUT2D eigenvalue weighted by molar-refractivity contribution is 0.335. The zero-order valence-corrected chi connectivity index (χ0v) is 7.93. The molecule has 13 heavy (non-hydrogen) atoms. The second kappa shape index (κ2) is 3.81. The number of hydrogen-bond acceptors (Lipinski definition) is 3. The van der Waals surface area contributed by atoms with Gasteiger partial charge in [-0.1, -0.05) is 28.2 Å². The second-order valence-electron chi connectivity index (χ2n) is 4.17. The van der Waals surface area contributed by atoms with E-state index in [0.717, 1.165) is 6.42 Å². The molecule has 0 fully saturated rings. The third kappa shape index (κ3) is 3.49. The highest BCUT2D eigenvalue weighted by Gasteiger charge is 2.17. The first-order valence-corrected chi connectivity index (χ1v) is 3.98. The van der Waals surface area contributed by atoms with Crippen molar-refractivity contribution in [3.05, 3.63) is 22.1 Å². The summed E-state index contributed by atoms with van der Waals surface area (Å²) < 4.78 is 9.61. The second-order valence-corrected chi connectivity index (χ2v) is 4.17. The van der Waals surface area contributed by atoms with Gasteiger partial charge in [-0.25, -0.2) is 4.79 Å². The summed E-state index contributed by atoms with van der Waals surface area (Å²) in [6.45, 7) is 7.99.